The van der Waals surface area contributed by atoms with Crippen molar-refractivity contribution < 1.29 is 14.3 Å². The molecule has 3 rings (SSSR count). The van der Waals surface area contributed by atoms with Crippen LogP contribution in [0.3, 0.4) is 0 Å². The lowest BCUT2D eigenvalue weighted by molar-refractivity contribution is -0.116. The molecule has 0 bridgehead atoms. The first-order chi connectivity index (χ1) is 12.7. The summed E-state index contributed by atoms with van der Waals surface area (Å²) < 4.78 is 10.7. The Morgan fingerprint density at radius 1 is 1.31 bits per heavy atom. The molecule has 2 aliphatic rings. The van der Waals surface area contributed by atoms with E-state index in [1.54, 1.807) is 7.11 Å². The lowest BCUT2D eigenvalue weighted by atomic mass is 9.91. The maximum Gasteiger partial charge on any atom is 0.224 e. The van der Waals surface area contributed by atoms with Crippen LogP contribution in [0.4, 0.5) is 5.69 Å². The van der Waals surface area contributed by atoms with Gasteiger partial charge in [0, 0.05) is 37.9 Å². The summed E-state index contributed by atoms with van der Waals surface area (Å²) in [6.45, 7) is 6.13. The number of ether oxygens (including phenoxy) is 2. The minimum absolute atomic E-state index is 0.112. The van der Waals surface area contributed by atoms with Crippen LogP contribution in [0.25, 0.3) is 0 Å². The topological polar surface area (TPSA) is 50.8 Å². The zero-order valence-electron chi connectivity index (χ0n) is 16.1. The van der Waals surface area contributed by atoms with Crippen LogP contribution < -0.4 is 10.1 Å². The molecular weight excluding hydrogens is 328 g/mol. The predicted octanol–water partition coefficient (Wildman–Crippen LogP) is 3.61. The summed E-state index contributed by atoms with van der Waals surface area (Å²) in [6, 6.07) is 6.43. The number of aryl methyl sites for hydroxylation is 1. The van der Waals surface area contributed by atoms with Crippen LogP contribution in [0.15, 0.2) is 18.2 Å². The molecule has 0 saturated carbocycles. The largest absolute Gasteiger partial charge is 0.497 e. The molecule has 1 aromatic carbocycles. The van der Waals surface area contributed by atoms with E-state index in [-0.39, 0.29) is 5.91 Å². The van der Waals surface area contributed by atoms with Gasteiger partial charge in [-0.1, -0.05) is 0 Å². The first-order valence-electron chi connectivity index (χ1n) is 9.92. The van der Waals surface area contributed by atoms with Gasteiger partial charge in [-0.3, -0.25) is 9.69 Å². The third kappa shape index (κ3) is 5.21. The van der Waals surface area contributed by atoms with Crippen LogP contribution in [-0.4, -0.2) is 50.3 Å². The Morgan fingerprint density at radius 3 is 2.85 bits per heavy atom. The fraction of sp³-hybridized carbons (Fsp3) is 0.667. The van der Waals surface area contributed by atoms with E-state index < -0.39 is 0 Å². The maximum atomic E-state index is 12.4. The molecule has 1 N–H and O–H groups in total. The van der Waals surface area contributed by atoms with Gasteiger partial charge in [0.1, 0.15) is 5.75 Å². The highest BCUT2D eigenvalue weighted by Crippen LogP contribution is 2.26. The normalized spacial score (nSPS) is 22.2. The van der Waals surface area contributed by atoms with E-state index in [4.69, 9.17) is 9.47 Å². The fourth-order valence-electron chi connectivity index (χ4n) is 4.17. The van der Waals surface area contributed by atoms with Crippen molar-refractivity contribution >= 4 is 11.6 Å². The molecule has 0 radical (unpaired) electrons. The van der Waals surface area contributed by atoms with E-state index >= 15 is 0 Å². The Bertz CT molecular complexity index is 599. The van der Waals surface area contributed by atoms with Crippen LogP contribution in [0.5, 0.6) is 5.75 Å². The van der Waals surface area contributed by atoms with Crippen LogP contribution in [-0.2, 0) is 9.53 Å². The van der Waals surface area contributed by atoms with Gasteiger partial charge < -0.3 is 14.8 Å². The molecule has 0 aliphatic carbocycles. The molecule has 0 spiro atoms. The first-order valence-corrected chi connectivity index (χ1v) is 9.92. The number of nitrogens with one attached hydrogen (secondary N) is 1. The van der Waals surface area contributed by atoms with Gasteiger partial charge in [0.2, 0.25) is 5.91 Å². The summed E-state index contributed by atoms with van der Waals surface area (Å²) in [6.07, 6.45) is 6.38. The minimum atomic E-state index is 0.112. The standard InChI is InChI=1S/C21H32N2O3/c1-16-14-19(25-2)6-7-20(16)22-21(24)8-5-17-4-3-11-23(15-17)18-9-12-26-13-10-18/h6-7,14,17-18H,3-5,8-13,15H2,1-2H3,(H,22,24)/t17-/m0/s1. The molecule has 2 aliphatic heterocycles. The summed E-state index contributed by atoms with van der Waals surface area (Å²) in [5.41, 5.74) is 1.91. The number of hydrogen-bond acceptors (Lipinski definition) is 4. The van der Waals surface area contributed by atoms with Crippen molar-refractivity contribution in [2.75, 3.05) is 38.7 Å². The van der Waals surface area contributed by atoms with Crippen molar-refractivity contribution in [3.05, 3.63) is 23.8 Å². The van der Waals surface area contributed by atoms with Crippen molar-refractivity contribution in [3.63, 3.8) is 0 Å². The second-order valence-electron chi connectivity index (χ2n) is 7.61. The molecule has 2 saturated heterocycles. The zero-order chi connectivity index (χ0) is 18.4. The van der Waals surface area contributed by atoms with E-state index in [9.17, 15) is 4.79 Å². The number of rotatable bonds is 6. The number of carbonyl (C=O) groups excluding carboxylic acids is 1. The van der Waals surface area contributed by atoms with E-state index in [1.165, 1.54) is 19.4 Å². The Kier molecular flexibility index (Phi) is 6.92. The molecule has 2 fully saturated rings. The molecule has 0 unspecified atom stereocenters. The van der Waals surface area contributed by atoms with Gasteiger partial charge in [-0.25, -0.2) is 0 Å². The van der Waals surface area contributed by atoms with Gasteiger partial charge in [0.25, 0.3) is 0 Å². The van der Waals surface area contributed by atoms with Gasteiger partial charge in [-0.15, -0.1) is 0 Å². The predicted molar refractivity (Wildman–Crippen MR) is 104 cm³/mol. The summed E-state index contributed by atoms with van der Waals surface area (Å²) in [5.74, 6) is 1.56. The average molecular weight is 360 g/mol. The van der Waals surface area contributed by atoms with Crippen molar-refractivity contribution in [2.45, 2.75) is 51.5 Å². The number of anilines is 1. The third-order valence-corrected chi connectivity index (χ3v) is 5.74. The fourth-order valence-corrected chi connectivity index (χ4v) is 4.17. The molecule has 5 nitrogen and oxygen atoms in total. The Hall–Kier alpha value is -1.59. The molecular formula is C21H32N2O3. The maximum absolute atomic E-state index is 12.4. The number of methoxy groups -OCH3 is 1. The number of likely N-dealkylation sites (tertiary alicyclic amines) is 1. The van der Waals surface area contributed by atoms with E-state index in [0.29, 0.717) is 18.4 Å². The highest BCUT2D eigenvalue weighted by Gasteiger charge is 2.27. The molecule has 144 valence electrons. The summed E-state index contributed by atoms with van der Waals surface area (Å²) >= 11 is 0. The molecule has 5 heteroatoms. The third-order valence-electron chi connectivity index (χ3n) is 5.74. The Morgan fingerprint density at radius 2 is 2.12 bits per heavy atom. The molecule has 26 heavy (non-hydrogen) atoms. The number of benzene rings is 1. The Balaban J connectivity index is 1.45. The van der Waals surface area contributed by atoms with Crippen LogP contribution in [0.1, 0.15) is 44.1 Å². The van der Waals surface area contributed by atoms with Crippen LogP contribution in [0, 0.1) is 12.8 Å². The van der Waals surface area contributed by atoms with Gasteiger partial charge >= 0.3 is 0 Å². The first kappa shape index (κ1) is 19.2. The number of hydrogen-bond donors (Lipinski definition) is 1. The number of amides is 1. The van der Waals surface area contributed by atoms with Gasteiger partial charge in [-0.2, -0.15) is 0 Å². The van der Waals surface area contributed by atoms with Crippen molar-refractivity contribution in [1.82, 2.24) is 4.90 Å². The zero-order valence-corrected chi connectivity index (χ0v) is 16.1. The summed E-state index contributed by atoms with van der Waals surface area (Å²) in [7, 11) is 1.65. The number of piperidine rings is 1. The second kappa shape index (κ2) is 9.38. The number of carbonyl (C=O) groups is 1. The van der Waals surface area contributed by atoms with E-state index in [0.717, 1.165) is 56.0 Å². The molecule has 0 aromatic heterocycles. The quantitative estimate of drug-likeness (QED) is 0.842. The highest BCUT2D eigenvalue weighted by atomic mass is 16.5. The van der Waals surface area contributed by atoms with Crippen LogP contribution >= 0.6 is 0 Å². The van der Waals surface area contributed by atoms with Gasteiger partial charge in [0.05, 0.1) is 7.11 Å². The monoisotopic (exact) mass is 360 g/mol. The molecule has 1 atom stereocenters. The average Bonchev–Trinajstić information content (AvgIpc) is 2.69. The molecule has 1 aromatic rings. The lowest BCUT2D eigenvalue weighted by Crippen LogP contribution is -2.45. The second-order valence-corrected chi connectivity index (χ2v) is 7.61. The molecule has 1 amide bonds. The SMILES string of the molecule is COc1ccc(NC(=O)CC[C@@H]2CCCN(C3CCOCC3)C2)c(C)c1. The summed E-state index contributed by atoms with van der Waals surface area (Å²) in [4.78, 5) is 15.0. The highest BCUT2D eigenvalue weighted by molar-refractivity contribution is 5.91. The molecule has 2 heterocycles. The van der Waals surface area contributed by atoms with Crippen molar-refractivity contribution in [2.24, 2.45) is 5.92 Å². The van der Waals surface area contributed by atoms with Crippen LogP contribution in [0.2, 0.25) is 0 Å². The van der Waals surface area contributed by atoms with Crippen molar-refractivity contribution in [3.8, 4) is 5.75 Å². The van der Waals surface area contributed by atoms with E-state index in [2.05, 4.69) is 10.2 Å². The van der Waals surface area contributed by atoms with Crippen molar-refractivity contribution in [1.29, 1.82) is 0 Å². The van der Waals surface area contributed by atoms with Gasteiger partial charge in [-0.05, 0) is 75.3 Å². The summed E-state index contributed by atoms with van der Waals surface area (Å²) in [5, 5.41) is 3.05. The lowest BCUT2D eigenvalue weighted by Gasteiger charge is -2.40. The van der Waals surface area contributed by atoms with E-state index in [1.807, 2.05) is 25.1 Å². The Labute approximate surface area is 157 Å². The minimum Gasteiger partial charge on any atom is -0.497 e. The smallest absolute Gasteiger partial charge is 0.224 e. The van der Waals surface area contributed by atoms with Gasteiger partial charge in [0.15, 0.2) is 0 Å². The number of nitrogens with zero attached hydrogens (tertiary/aromatic N) is 1.